The van der Waals surface area contributed by atoms with E-state index in [2.05, 4.69) is 63.9 Å². The number of rotatable bonds is 9. The van der Waals surface area contributed by atoms with E-state index in [9.17, 15) is 0 Å². The van der Waals surface area contributed by atoms with Crippen LogP contribution in [0.5, 0.6) is 0 Å². The highest BCUT2D eigenvalue weighted by molar-refractivity contribution is 5.79. The molecule has 0 amide bonds. The second kappa shape index (κ2) is 10.5. The second-order valence-electron chi connectivity index (χ2n) is 6.32. The molecule has 0 saturated heterocycles. The minimum absolute atomic E-state index is 0.300. The third-order valence-electron chi connectivity index (χ3n) is 3.86. The van der Waals surface area contributed by atoms with Crippen molar-refractivity contribution in [3.63, 3.8) is 0 Å². The van der Waals surface area contributed by atoms with Gasteiger partial charge in [-0.3, -0.25) is 4.99 Å². The van der Waals surface area contributed by atoms with E-state index in [0.717, 1.165) is 50.6 Å². The first-order valence-electron chi connectivity index (χ1n) is 9.00. The van der Waals surface area contributed by atoms with Crippen LogP contribution in [0.15, 0.2) is 39.8 Å². The molecule has 0 atom stereocenters. The SMILES string of the molecule is CN=C(NCCCc1ccccc1)NCCCc1nc(C(C)C)no1. The number of benzene rings is 1. The first-order valence-corrected chi connectivity index (χ1v) is 9.00. The van der Waals surface area contributed by atoms with Crippen LogP contribution in [0, 0.1) is 0 Å². The van der Waals surface area contributed by atoms with Crippen LogP contribution in [0.4, 0.5) is 0 Å². The molecule has 0 unspecified atom stereocenters. The maximum Gasteiger partial charge on any atom is 0.226 e. The Kier molecular flexibility index (Phi) is 7.95. The molecule has 1 heterocycles. The maximum absolute atomic E-state index is 5.25. The lowest BCUT2D eigenvalue weighted by Crippen LogP contribution is -2.38. The number of aliphatic imine (C=N–C) groups is 1. The molecule has 0 saturated carbocycles. The summed E-state index contributed by atoms with van der Waals surface area (Å²) in [6.45, 7) is 5.83. The summed E-state index contributed by atoms with van der Waals surface area (Å²) in [4.78, 5) is 8.63. The number of nitrogens with zero attached hydrogens (tertiary/aromatic N) is 3. The van der Waals surface area contributed by atoms with Gasteiger partial charge in [-0.1, -0.05) is 49.3 Å². The lowest BCUT2D eigenvalue weighted by molar-refractivity contribution is 0.368. The Labute approximate surface area is 150 Å². The van der Waals surface area contributed by atoms with E-state index in [1.165, 1.54) is 5.56 Å². The molecular weight excluding hydrogens is 314 g/mol. The van der Waals surface area contributed by atoms with E-state index >= 15 is 0 Å². The standard InChI is InChI=1S/C19H29N5O/c1-15(2)18-23-17(25-24-18)12-8-14-22-19(20-3)21-13-7-11-16-9-5-4-6-10-16/h4-6,9-10,15H,7-8,11-14H2,1-3H3,(H2,20,21,22). The van der Waals surface area contributed by atoms with Gasteiger partial charge in [0.05, 0.1) is 0 Å². The summed E-state index contributed by atoms with van der Waals surface area (Å²) in [7, 11) is 1.79. The van der Waals surface area contributed by atoms with Crippen molar-refractivity contribution in [1.29, 1.82) is 0 Å². The zero-order valence-corrected chi connectivity index (χ0v) is 15.5. The van der Waals surface area contributed by atoms with Gasteiger partial charge in [0.15, 0.2) is 11.8 Å². The molecule has 2 aromatic rings. The largest absolute Gasteiger partial charge is 0.356 e. The molecule has 0 radical (unpaired) electrons. The molecule has 0 bridgehead atoms. The van der Waals surface area contributed by atoms with Gasteiger partial charge in [-0.2, -0.15) is 4.98 Å². The van der Waals surface area contributed by atoms with Gasteiger partial charge < -0.3 is 15.2 Å². The Hall–Kier alpha value is -2.37. The third kappa shape index (κ3) is 6.95. The zero-order valence-electron chi connectivity index (χ0n) is 15.5. The van der Waals surface area contributed by atoms with Crippen LogP contribution in [-0.2, 0) is 12.8 Å². The second-order valence-corrected chi connectivity index (χ2v) is 6.32. The molecule has 136 valence electrons. The fourth-order valence-corrected chi connectivity index (χ4v) is 2.42. The molecule has 1 aromatic carbocycles. The third-order valence-corrected chi connectivity index (χ3v) is 3.86. The summed E-state index contributed by atoms with van der Waals surface area (Å²) < 4.78 is 5.25. The van der Waals surface area contributed by atoms with Crippen molar-refractivity contribution in [2.75, 3.05) is 20.1 Å². The molecule has 6 nitrogen and oxygen atoms in total. The number of aryl methyl sites for hydroxylation is 2. The zero-order chi connectivity index (χ0) is 17.9. The molecule has 0 fully saturated rings. The molecule has 0 aliphatic heterocycles. The molecule has 2 rings (SSSR count). The molecule has 0 spiro atoms. The van der Waals surface area contributed by atoms with Gasteiger partial charge in [-0.25, -0.2) is 0 Å². The van der Waals surface area contributed by atoms with Crippen molar-refractivity contribution in [3.05, 3.63) is 47.6 Å². The first kappa shape index (κ1) is 19.0. The monoisotopic (exact) mass is 343 g/mol. The summed E-state index contributed by atoms with van der Waals surface area (Å²) in [6, 6.07) is 10.5. The van der Waals surface area contributed by atoms with E-state index < -0.39 is 0 Å². The molecule has 1 aromatic heterocycles. The van der Waals surface area contributed by atoms with Crippen molar-refractivity contribution < 1.29 is 4.52 Å². The van der Waals surface area contributed by atoms with Crippen LogP contribution in [0.3, 0.4) is 0 Å². The molecule has 0 aliphatic rings. The number of nitrogens with one attached hydrogen (secondary N) is 2. The van der Waals surface area contributed by atoms with E-state index in [1.54, 1.807) is 7.05 Å². The Balaban J connectivity index is 1.58. The van der Waals surface area contributed by atoms with Crippen LogP contribution in [0.2, 0.25) is 0 Å². The Morgan fingerprint density at radius 3 is 2.36 bits per heavy atom. The summed E-state index contributed by atoms with van der Waals surface area (Å²) >= 11 is 0. The highest BCUT2D eigenvalue weighted by Crippen LogP contribution is 2.10. The smallest absolute Gasteiger partial charge is 0.226 e. The molecular formula is C19H29N5O. The van der Waals surface area contributed by atoms with E-state index in [0.29, 0.717) is 11.8 Å². The lowest BCUT2D eigenvalue weighted by atomic mass is 10.1. The van der Waals surface area contributed by atoms with Crippen molar-refractivity contribution in [3.8, 4) is 0 Å². The first-order chi connectivity index (χ1) is 12.2. The fourth-order valence-electron chi connectivity index (χ4n) is 2.42. The lowest BCUT2D eigenvalue weighted by Gasteiger charge is -2.11. The van der Waals surface area contributed by atoms with Crippen molar-refractivity contribution in [1.82, 2.24) is 20.8 Å². The molecule has 0 aliphatic carbocycles. The van der Waals surface area contributed by atoms with Gasteiger partial charge in [-0.15, -0.1) is 0 Å². The van der Waals surface area contributed by atoms with Crippen LogP contribution >= 0.6 is 0 Å². The van der Waals surface area contributed by atoms with E-state index in [1.807, 2.05) is 6.07 Å². The summed E-state index contributed by atoms with van der Waals surface area (Å²) in [5.41, 5.74) is 1.37. The molecule has 25 heavy (non-hydrogen) atoms. The Bertz CT molecular complexity index is 636. The van der Waals surface area contributed by atoms with E-state index in [-0.39, 0.29) is 0 Å². The molecule has 6 heteroatoms. The molecule has 2 N–H and O–H groups in total. The average Bonchev–Trinajstić information content (AvgIpc) is 3.10. The van der Waals surface area contributed by atoms with Gasteiger partial charge in [0.1, 0.15) is 0 Å². The number of guanidine groups is 1. The van der Waals surface area contributed by atoms with Crippen LogP contribution in [0.25, 0.3) is 0 Å². The van der Waals surface area contributed by atoms with Gasteiger partial charge in [-0.05, 0) is 24.8 Å². The van der Waals surface area contributed by atoms with Crippen LogP contribution in [0.1, 0.15) is 49.9 Å². The number of aromatic nitrogens is 2. The summed E-state index contributed by atoms with van der Waals surface area (Å²) in [6.07, 6.45) is 3.84. The highest BCUT2D eigenvalue weighted by Gasteiger charge is 2.09. The van der Waals surface area contributed by atoms with Crippen LogP contribution < -0.4 is 10.6 Å². The van der Waals surface area contributed by atoms with Gasteiger partial charge in [0.2, 0.25) is 5.89 Å². The summed E-state index contributed by atoms with van der Waals surface area (Å²) in [5, 5.41) is 10.6. The van der Waals surface area contributed by atoms with Crippen molar-refractivity contribution in [2.24, 2.45) is 4.99 Å². The fraction of sp³-hybridized carbons (Fsp3) is 0.526. The minimum Gasteiger partial charge on any atom is -0.356 e. The maximum atomic E-state index is 5.25. The van der Waals surface area contributed by atoms with Gasteiger partial charge in [0, 0.05) is 32.5 Å². The average molecular weight is 343 g/mol. The van der Waals surface area contributed by atoms with Gasteiger partial charge in [0.25, 0.3) is 0 Å². The Morgan fingerprint density at radius 2 is 1.76 bits per heavy atom. The predicted molar refractivity (Wildman–Crippen MR) is 101 cm³/mol. The van der Waals surface area contributed by atoms with Gasteiger partial charge >= 0.3 is 0 Å². The van der Waals surface area contributed by atoms with Crippen LogP contribution in [-0.4, -0.2) is 36.2 Å². The van der Waals surface area contributed by atoms with Crippen molar-refractivity contribution >= 4 is 5.96 Å². The van der Waals surface area contributed by atoms with E-state index in [4.69, 9.17) is 4.52 Å². The predicted octanol–water partition coefficient (Wildman–Crippen LogP) is 2.92. The normalized spacial score (nSPS) is 11.8. The number of hydrogen-bond acceptors (Lipinski definition) is 4. The topological polar surface area (TPSA) is 75.3 Å². The Morgan fingerprint density at radius 1 is 1.08 bits per heavy atom. The number of hydrogen-bond donors (Lipinski definition) is 2. The minimum atomic E-state index is 0.300. The highest BCUT2D eigenvalue weighted by atomic mass is 16.5. The van der Waals surface area contributed by atoms with Crippen molar-refractivity contribution in [2.45, 2.75) is 45.4 Å². The quantitative estimate of drug-likeness (QED) is 0.416. The summed E-state index contributed by atoms with van der Waals surface area (Å²) in [5.74, 6) is 2.62.